The topological polar surface area (TPSA) is 6.48 Å². The van der Waals surface area contributed by atoms with Crippen molar-refractivity contribution in [3.05, 3.63) is 123 Å². The minimum absolute atomic E-state index is 0.0318. The van der Waals surface area contributed by atoms with Crippen LogP contribution in [0, 0.1) is 0 Å². The maximum Gasteiger partial charge on any atom is 0.252 e. The van der Waals surface area contributed by atoms with Crippen LogP contribution in [0.25, 0.3) is 0 Å². The van der Waals surface area contributed by atoms with Gasteiger partial charge in [0.05, 0.1) is 0 Å². The van der Waals surface area contributed by atoms with Crippen LogP contribution in [0.15, 0.2) is 72.8 Å². The van der Waals surface area contributed by atoms with Crippen molar-refractivity contribution in [3.63, 3.8) is 0 Å². The van der Waals surface area contributed by atoms with E-state index in [1.165, 1.54) is 139 Å². The van der Waals surface area contributed by atoms with Gasteiger partial charge in [0.15, 0.2) is 0 Å². The standard InChI is InChI=1S/C66H87BN2/c1-58(2,3)40-30-41(59(4,5)6)32-44(31-40)69-54-39-50-48(64(16,17)27-29-66(50,20)21)37-52(54)67-51-36-47-49(65(18,19)28-26-63(47,14)15)38-53(51)68(55-33-42(60(7,8)9)34-56(69)57(55)67)43-22-23-45-46(35-43)62(12,13)25-24-61(45,10)11/h22-23,30-39H,24-29H2,1-21H3. The predicted octanol–water partition coefficient (Wildman–Crippen LogP) is 16.7. The van der Waals surface area contributed by atoms with Crippen LogP contribution in [0.1, 0.15) is 234 Å². The zero-order valence-electron chi connectivity index (χ0n) is 47.1. The van der Waals surface area contributed by atoms with Gasteiger partial charge >= 0.3 is 0 Å². The lowest BCUT2D eigenvalue weighted by atomic mass is 9.32. The third-order valence-electron chi connectivity index (χ3n) is 18.9. The number of fused-ring (bicyclic) bond motifs is 7. The summed E-state index contributed by atoms with van der Waals surface area (Å²) in [6.45, 7) is 51.7. The van der Waals surface area contributed by atoms with Gasteiger partial charge in [0.1, 0.15) is 0 Å². The Bertz CT molecular complexity index is 2930. The fourth-order valence-corrected chi connectivity index (χ4v) is 13.4. The van der Waals surface area contributed by atoms with E-state index >= 15 is 0 Å². The summed E-state index contributed by atoms with van der Waals surface area (Å²) in [5.74, 6) is 0. The summed E-state index contributed by atoms with van der Waals surface area (Å²) in [5, 5.41) is 0. The van der Waals surface area contributed by atoms with Gasteiger partial charge in [0.25, 0.3) is 6.71 Å². The van der Waals surface area contributed by atoms with Gasteiger partial charge in [-0.1, -0.05) is 170 Å². The molecule has 0 spiro atoms. The van der Waals surface area contributed by atoms with Gasteiger partial charge in [-0.25, -0.2) is 0 Å². The van der Waals surface area contributed by atoms with Crippen LogP contribution < -0.4 is 26.2 Å². The van der Waals surface area contributed by atoms with Gasteiger partial charge < -0.3 is 9.80 Å². The van der Waals surface area contributed by atoms with Gasteiger partial charge in [0, 0.05) is 34.1 Å². The van der Waals surface area contributed by atoms with Crippen LogP contribution in [-0.4, -0.2) is 6.71 Å². The Morgan fingerprint density at radius 3 is 1.03 bits per heavy atom. The zero-order chi connectivity index (χ0) is 50.4. The van der Waals surface area contributed by atoms with Crippen LogP contribution in [0.3, 0.4) is 0 Å². The molecule has 2 aliphatic heterocycles. The summed E-state index contributed by atoms with van der Waals surface area (Å²) >= 11 is 0. The third kappa shape index (κ3) is 7.53. The van der Waals surface area contributed by atoms with Crippen molar-refractivity contribution >= 4 is 57.2 Å². The number of nitrogens with zero attached hydrogens (tertiary/aromatic N) is 2. The Morgan fingerprint density at radius 2 is 0.652 bits per heavy atom. The lowest BCUT2D eigenvalue weighted by Crippen LogP contribution is -2.62. The molecule has 2 heterocycles. The molecular weight excluding hydrogens is 832 g/mol. The number of anilines is 6. The van der Waals surface area contributed by atoms with E-state index in [-0.39, 0.29) is 55.4 Å². The largest absolute Gasteiger partial charge is 0.311 e. The lowest BCUT2D eigenvalue weighted by Gasteiger charge is -2.49. The second-order valence-electron chi connectivity index (χ2n) is 30.0. The maximum atomic E-state index is 2.76. The SMILES string of the molecule is CC(C)(C)c1cc(N2c3cc4c(cc3B3c5cc6c(cc5N(c5ccc7c(c5)C(C)(C)CCC7(C)C)c5cc(C(C)(C)C)cc2c53)C(C)(C)CCC6(C)C)C(C)(C)CCC4(C)C)cc(C(C)(C)C)c1. The van der Waals surface area contributed by atoms with Gasteiger partial charge in [-0.2, -0.15) is 0 Å². The zero-order valence-corrected chi connectivity index (χ0v) is 47.1. The third-order valence-corrected chi connectivity index (χ3v) is 18.9. The quantitative estimate of drug-likeness (QED) is 0.159. The van der Waals surface area contributed by atoms with Crippen LogP contribution in [0.4, 0.5) is 34.1 Å². The lowest BCUT2D eigenvalue weighted by molar-refractivity contribution is 0.332. The second kappa shape index (κ2) is 14.7. The molecule has 0 amide bonds. The molecular formula is C66H87BN2. The minimum Gasteiger partial charge on any atom is -0.311 e. The molecule has 0 aromatic heterocycles. The number of hydrogen-bond acceptors (Lipinski definition) is 2. The summed E-state index contributed by atoms with van der Waals surface area (Å²) < 4.78 is 0. The van der Waals surface area contributed by atoms with E-state index in [1.54, 1.807) is 0 Å². The minimum atomic E-state index is -0.103. The Morgan fingerprint density at radius 1 is 0.333 bits per heavy atom. The molecule has 10 rings (SSSR count). The Kier molecular flexibility index (Phi) is 10.3. The molecule has 0 saturated heterocycles. The van der Waals surface area contributed by atoms with E-state index < -0.39 is 0 Å². The predicted molar refractivity (Wildman–Crippen MR) is 302 cm³/mol. The van der Waals surface area contributed by atoms with Crippen molar-refractivity contribution in [1.82, 2.24) is 0 Å². The molecule has 2 nitrogen and oxygen atoms in total. The molecule has 0 bridgehead atoms. The summed E-state index contributed by atoms with van der Waals surface area (Å²) in [6, 6.07) is 31.4. The van der Waals surface area contributed by atoms with Crippen molar-refractivity contribution in [2.24, 2.45) is 0 Å². The molecule has 0 atom stereocenters. The van der Waals surface area contributed by atoms with Gasteiger partial charge in [-0.15, -0.1) is 0 Å². The second-order valence-corrected chi connectivity index (χ2v) is 30.0. The Labute approximate surface area is 420 Å². The highest BCUT2D eigenvalue weighted by Crippen LogP contribution is 2.55. The first-order valence-electron chi connectivity index (χ1n) is 27.0. The van der Waals surface area contributed by atoms with E-state index in [0.717, 1.165) is 0 Å². The number of rotatable bonds is 2. The molecule has 0 fully saturated rings. The first-order valence-corrected chi connectivity index (χ1v) is 27.0. The summed E-state index contributed by atoms with van der Waals surface area (Å²) in [4.78, 5) is 5.52. The molecule has 3 heteroatoms. The maximum absolute atomic E-state index is 2.76. The smallest absolute Gasteiger partial charge is 0.252 e. The van der Waals surface area contributed by atoms with E-state index in [9.17, 15) is 0 Å². The summed E-state index contributed by atoms with van der Waals surface area (Å²) in [6.07, 6.45) is 7.14. The Hall–Kier alpha value is -4.24. The molecule has 69 heavy (non-hydrogen) atoms. The van der Waals surface area contributed by atoms with Crippen molar-refractivity contribution in [3.8, 4) is 0 Å². The monoisotopic (exact) mass is 919 g/mol. The van der Waals surface area contributed by atoms with E-state index in [0.29, 0.717) is 0 Å². The highest BCUT2D eigenvalue weighted by Gasteiger charge is 2.49. The molecule has 0 unspecified atom stereocenters. The van der Waals surface area contributed by atoms with Crippen molar-refractivity contribution in [2.45, 2.75) is 233 Å². The molecule has 5 aromatic carbocycles. The average molecular weight is 919 g/mol. The van der Waals surface area contributed by atoms with E-state index in [2.05, 4.69) is 228 Å². The molecule has 0 saturated carbocycles. The average Bonchev–Trinajstić information content (AvgIpc) is 3.23. The highest BCUT2D eigenvalue weighted by atomic mass is 15.2. The van der Waals surface area contributed by atoms with Gasteiger partial charge in [-0.05, 0) is 202 Å². The number of hydrogen-bond donors (Lipinski definition) is 0. The number of benzene rings is 5. The van der Waals surface area contributed by atoms with E-state index in [4.69, 9.17) is 0 Å². The summed E-state index contributed by atoms with van der Waals surface area (Å²) in [7, 11) is 0. The molecule has 5 aromatic rings. The van der Waals surface area contributed by atoms with Crippen LogP contribution in [-0.2, 0) is 48.7 Å². The van der Waals surface area contributed by atoms with Gasteiger partial charge in [-0.3, -0.25) is 0 Å². The van der Waals surface area contributed by atoms with Crippen molar-refractivity contribution in [1.29, 1.82) is 0 Å². The molecule has 5 aliphatic rings. The fraction of sp³-hybridized carbons (Fsp3) is 0.545. The Balaban J connectivity index is 1.40. The van der Waals surface area contributed by atoms with Crippen molar-refractivity contribution in [2.75, 3.05) is 9.80 Å². The van der Waals surface area contributed by atoms with Crippen LogP contribution in [0.2, 0.25) is 0 Å². The molecule has 0 radical (unpaired) electrons. The van der Waals surface area contributed by atoms with E-state index in [1.807, 2.05) is 0 Å². The normalized spacial score (nSPS) is 21.1. The van der Waals surface area contributed by atoms with Gasteiger partial charge in [0.2, 0.25) is 0 Å². The first-order chi connectivity index (χ1) is 31.5. The molecule has 364 valence electrons. The van der Waals surface area contributed by atoms with Crippen molar-refractivity contribution < 1.29 is 0 Å². The molecule has 0 N–H and O–H groups in total. The fourth-order valence-electron chi connectivity index (χ4n) is 13.4. The van der Waals surface area contributed by atoms with Crippen LogP contribution >= 0.6 is 0 Å². The first kappa shape index (κ1) is 48.4. The highest BCUT2D eigenvalue weighted by molar-refractivity contribution is 7.00. The van der Waals surface area contributed by atoms with Crippen LogP contribution in [0.5, 0.6) is 0 Å². The molecule has 3 aliphatic carbocycles. The summed E-state index contributed by atoms with van der Waals surface area (Å²) in [5.41, 5.74) is 25.9.